The molecule has 41 heavy (non-hydrogen) atoms. The van der Waals surface area contributed by atoms with E-state index in [1.165, 1.54) is 7.11 Å². The van der Waals surface area contributed by atoms with Gasteiger partial charge in [0.1, 0.15) is 29.1 Å². The van der Waals surface area contributed by atoms with Gasteiger partial charge in [-0.05, 0) is 70.9 Å². The predicted molar refractivity (Wildman–Crippen MR) is 154 cm³/mol. The number of carbonyl (C=O) groups excluding carboxylic acids is 3. The SMILES string of the molecule is COc1cccc2c1C(=O)O[C@H]([C@H](CC(C)C)NC(=O)[C@H]1OC(C)(C)O[C@H]1[C@H](CC(C)C)NC(=O)OC(C)(C)C)C2. The first-order chi connectivity index (χ1) is 19.0. The smallest absolute Gasteiger partial charge is 0.407 e. The van der Waals surface area contributed by atoms with E-state index in [4.69, 9.17) is 23.7 Å². The Morgan fingerprint density at radius 2 is 1.66 bits per heavy atom. The number of hydrogen-bond donors (Lipinski definition) is 2. The Morgan fingerprint density at radius 3 is 2.24 bits per heavy atom. The van der Waals surface area contributed by atoms with E-state index in [1.54, 1.807) is 40.7 Å². The molecule has 2 aliphatic heterocycles. The molecule has 3 rings (SSSR count). The second-order valence-corrected chi connectivity index (χ2v) is 13.3. The standard InChI is InChI=1S/C31H48N2O8/c1-17(2)14-20(23-16-19-12-11-13-22(37-10)24(19)28(35)38-23)32-27(34)26-25(39-31(8,9)40-26)21(15-18(3)4)33-29(36)41-30(5,6)7/h11-13,17-18,20-21,23,25-26H,14-16H2,1-10H3,(H,32,34)(H,33,36)/t20-,21-,23-,25-,26-/m0/s1. The van der Waals surface area contributed by atoms with Crippen molar-refractivity contribution < 1.29 is 38.1 Å². The minimum absolute atomic E-state index is 0.193. The monoisotopic (exact) mass is 576 g/mol. The van der Waals surface area contributed by atoms with E-state index in [1.807, 2.05) is 39.8 Å². The van der Waals surface area contributed by atoms with Gasteiger partial charge in [-0.1, -0.05) is 39.8 Å². The zero-order valence-corrected chi connectivity index (χ0v) is 26.2. The fourth-order valence-corrected chi connectivity index (χ4v) is 5.43. The summed E-state index contributed by atoms with van der Waals surface area (Å²) in [5.74, 6) is -1.06. The molecule has 10 heteroatoms. The lowest BCUT2D eigenvalue weighted by molar-refractivity contribution is -0.157. The second-order valence-electron chi connectivity index (χ2n) is 13.3. The minimum atomic E-state index is -1.06. The summed E-state index contributed by atoms with van der Waals surface area (Å²) in [4.78, 5) is 39.7. The number of cyclic esters (lactones) is 1. The molecule has 0 saturated carbocycles. The topological polar surface area (TPSA) is 121 Å². The molecule has 0 aliphatic carbocycles. The van der Waals surface area contributed by atoms with E-state index in [-0.39, 0.29) is 11.8 Å². The first kappa shape index (κ1) is 32.7. The van der Waals surface area contributed by atoms with Gasteiger partial charge in [-0.15, -0.1) is 0 Å². The van der Waals surface area contributed by atoms with Gasteiger partial charge >= 0.3 is 12.1 Å². The van der Waals surface area contributed by atoms with Crippen molar-refractivity contribution in [2.24, 2.45) is 11.8 Å². The van der Waals surface area contributed by atoms with Gasteiger partial charge in [0, 0.05) is 6.42 Å². The highest BCUT2D eigenvalue weighted by Crippen LogP contribution is 2.34. The first-order valence-electron chi connectivity index (χ1n) is 14.5. The number of benzene rings is 1. The maximum absolute atomic E-state index is 13.9. The number of esters is 1. The molecular weight excluding hydrogens is 528 g/mol. The van der Waals surface area contributed by atoms with Crippen LogP contribution >= 0.6 is 0 Å². The quantitative estimate of drug-likeness (QED) is 0.382. The molecule has 0 spiro atoms. The van der Waals surface area contributed by atoms with Crippen LogP contribution in [0.1, 0.15) is 91.1 Å². The molecule has 0 aromatic heterocycles. The fraction of sp³-hybridized carbons (Fsp3) is 0.710. The number of ether oxygens (including phenoxy) is 5. The molecule has 2 heterocycles. The molecule has 2 amide bonds. The number of carbonyl (C=O) groups is 3. The lowest BCUT2D eigenvalue weighted by atomic mass is 9.90. The van der Waals surface area contributed by atoms with Crippen LogP contribution < -0.4 is 15.4 Å². The van der Waals surface area contributed by atoms with Gasteiger partial charge < -0.3 is 34.3 Å². The van der Waals surface area contributed by atoms with Crippen LogP contribution in [0.5, 0.6) is 5.75 Å². The third kappa shape index (κ3) is 8.82. The van der Waals surface area contributed by atoms with Gasteiger partial charge in [0.05, 0.1) is 19.2 Å². The molecule has 1 saturated heterocycles. The van der Waals surface area contributed by atoms with Crippen LogP contribution in [-0.4, -0.2) is 66.9 Å². The summed E-state index contributed by atoms with van der Waals surface area (Å²) in [6.45, 7) is 17.0. The van der Waals surface area contributed by atoms with Gasteiger partial charge in [0.2, 0.25) is 0 Å². The molecule has 1 fully saturated rings. The molecule has 0 unspecified atom stereocenters. The van der Waals surface area contributed by atoms with Gasteiger partial charge in [-0.3, -0.25) is 4.79 Å². The average molecular weight is 577 g/mol. The van der Waals surface area contributed by atoms with Gasteiger partial charge in [-0.2, -0.15) is 0 Å². The lowest BCUT2D eigenvalue weighted by Gasteiger charge is -2.34. The Labute approximate surface area is 244 Å². The van der Waals surface area contributed by atoms with Crippen LogP contribution in [0.25, 0.3) is 0 Å². The maximum atomic E-state index is 13.9. The van der Waals surface area contributed by atoms with Crippen LogP contribution in [0, 0.1) is 11.8 Å². The molecule has 2 N–H and O–H groups in total. The molecule has 0 bridgehead atoms. The van der Waals surface area contributed by atoms with Crippen molar-refractivity contribution in [2.45, 2.75) is 123 Å². The molecule has 1 aromatic rings. The fourth-order valence-electron chi connectivity index (χ4n) is 5.43. The summed E-state index contributed by atoms with van der Waals surface area (Å²) in [6.07, 6.45) is -1.38. The molecule has 1 aromatic carbocycles. The predicted octanol–water partition coefficient (Wildman–Crippen LogP) is 4.77. The van der Waals surface area contributed by atoms with Crippen LogP contribution in [0.15, 0.2) is 18.2 Å². The Morgan fingerprint density at radius 1 is 1.02 bits per heavy atom. The summed E-state index contributed by atoms with van der Waals surface area (Å²) in [6, 6.07) is 4.43. The molecule has 2 aliphatic rings. The number of nitrogens with one attached hydrogen (secondary N) is 2. The summed E-state index contributed by atoms with van der Waals surface area (Å²) in [7, 11) is 1.52. The van der Waals surface area contributed by atoms with E-state index < -0.39 is 59.8 Å². The van der Waals surface area contributed by atoms with Gasteiger partial charge in [0.15, 0.2) is 11.9 Å². The second kappa shape index (κ2) is 13.0. The van der Waals surface area contributed by atoms with Crippen molar-refractivity contribution in [3.05, 3.63) is 29.3 Å². The highest BCUT2D eigenvalue weighted by atomic mass is 16.8. The van der Waals surface area contributed by atoms with Crippen LogP contribution in [0.2, 0.25) is 0 Å². The molecular formula is C31H48N2O8. The van der Waals surface area contributed by atoms with E-state index in [9.17, 15) is 14.4 Å². The van der Waals surface area contributed by atoms with Crippen LogP contribution in [0.4, 0.5) is 4.79 Å². The summed E-state index contributed by atoms with van der Waals surface area (Å²) < 4.78 is 29.1. The number of methoxy groups -OCH3 is 1. The minimum Gasteiger partial charge on any atom is -0.496 e. The summed E-state index contributed by atoms with van der Waals surface area (Å²) >= 11 is 0. The Balaban J connectivity index is 1.85. The van der Waals surface area contributed by atoms with Crippen molar-refractivity contribution >= 4 is 18.0 Å². The zero-order valence-electron chi connectivity index (χ0n) is 26.2. The summed E-state index contributed by atoms with van der Waals surface area (Å²) in [5, 5.41) is 6.03. The van der Waals surface area contributed by atoms with Crippen molar-refractivity contribution in [1.29, 1.82) is 0 Å². The zero-order chi connectivity index (χ0) is 30.7. The Kier molecular flexibility index (Phi) is 10.3. The number of alkyl carbamates (subject to hydrolysis) is 1. The van der Waals surface area contributed by atoms with Gasteiger partial charge in [0.25, 0.3) is 5.91 Å². The third-order valence-corrected chi connectivity index (χ3v) is 6.93. The van der Waals surface area contributed by atoms with Crippen LogP contribution in [0.3, 0.4) is 0 Å². The van der Waals surface area contributed by atoms with E-state index >= 15 is 0 Å². The maximum Gasteiger partial charge on any atom is 0.407 e. The average Bonchev–Trinajstić information content (AvgIpc) is 3.16. The summed E-state index contributed by atoms with van der Waals surface area (Å²) in [5.41, 5.74) is 0.547. The van der Waals surface area contributed by atoms with E-state index in [0.29, 0.717) is 30.6 Å². The van der Waals surface area contributed by atoms with Crippen molar-refractivity contribution in [2.75, 3.05) is 7.11 Å². The third-order valence-electron chi connectivity index (χ3n) is 6.93. The van der Waals surface area contributed by atoms with Crippen LogP contribution in [-0.2, 0) is 30.2 Å². The van der Waals surface area contributed by atoms with Crippen molar-refractivity contribution in [3.8, 4) is 5.75 Å². The first-order valence-corrected chi connectivity index (χ1v) is 14.5. The highest BCUT2D eigenvalue weighted by Gasteiger charge is 2.50. The largest absolute Gasteiger partial charge is 0.496 e. The molecule has 10 nitrogen and oxygen atoms in total. The van der Waals surface area contributed by atoms with E-state index in [2.05, 4.69) is 10.6 Å². The number of fused-ring (bicyclic) bond motifs is 1. The Bertz CT molecular complexity index is 1090. The van der Waals surface area contributed by atoms with Gasteiger partial charge in [-0.25, -0.2) is 9.59 Å². The molecule has 5 atom stereocenters. The molecule has 0 radical (unpaired) electrons. The lowest BCUT2D eigenvalue weighted by Crippen LogP contribution is -2.56. The number of amides is 2. The highest BCUT2D eigenvalue weighted by molar-refractivity contribution is 5.95. The molecule has 230 valence electrons. The van der Waals surface area contributed by atoms with Crippen molar-refractivity contribution in [3.63, 3.8) is 0 Å². The number of rotatable bonds is 10. The van der Waals surface area contributed by atoms with Crippen molar-refractivity contribution in [1.82, 2.24) is 10.6 Å². The number of hydrogen-bond acceptors (Lipinski definition) is 8. The normalized spacial score (nSPS) is 23.4. The van der Waals surface area contributed by atoms with E-state index in [0.717, 1.165) is 5.56 Å². The Hall–Kier alpha value is -2.85.